The predicted molar refractivity (Wildman–Crippen MR) is 55.6 cm³/mol. The van der Waals surface area contributed by atoms with Crippen LogP contribution in [0.15, 0.2) is 22.7 Å². The molecule has 1 aromatic rings. The summed E-state index contributed by atoms with van der Waals surface area (Å²) in [5.41, 5.74) is 0. The number of benzene rings is 1. The zero-order chi connectivity index (χ0) is 11.3. The first kappa shape index (κ1) is 11.8. The highest BCUT2D eigenvalue weighted by Crippen LogP contribution is 2.26. The molecule has 0 radical (unpaired) electrons. The van der Waals surface area contributed by atoms with Crippen LogP contribution in [0.5, 0.6) is 5.75 Å². The van der Waals surface area contributed by atoms with Gasteiger partial charge in [-0.3, -0.25) is 0 Å². The first-order valence-electron chi connectivity index (χ1n) is 4.15. The number of nitrogens with one attached hydrogen (secondary N) is 1. The van der Waals surface area contributed by atoms with Crippen LogP contribution in [0, 0.1) is 5.82 Å². The fourth-order valence-electron chi connectivity index (χ4n) is 0.914. The van der Waals surface area contributed by atoms with Gasteiger partial charge in [-0.25, -0.2) is 9.18 Å². The Kier molecular flexibility index (Phi) is 4.36. The Hall–Kier alpha value is -1.30. The van der Waals surface area contributed by atoms with Gasteiger partial charge in [-0.1, -0.05) is 6.07 Å². The van der Waals surface area contributed by atoms with Gasteiger partial charge in [-0.2, -0.15) is 0 Å². The average molecular weight is 278 g/mol. The quantitative estimate of drug-likeness (QED) is 0.830. The number of amides is 1. The van der Waals surface area contributed by atoms with Crippen molar-refractivity contribution in [2.45, 2.75) is 0 Å². The fourth-order valence-corrected chi connectivity index (χ4v) is 1.29. The molecule has 0 atom stereocenters. The van der Waals surface area contributed by atoms with Crippen molar-refractivity contribution in [2.75, 3.05) is 13.2 Å². The molecule has 0 unspecified atom stereocenters. The van der Waals surface area contributed by atoms with Gasteiger partial charge < -0.3 is 15.2 Å². The van der Waals surface area contributed by atoms with Gasteiger partial charge in [-0.05, 0) is 28.1 Å². The van der Waals surface area contributed by atoms with Crippen molar-refractivity contribution in [1.29, 1.82) is 0 Å². The lowest BCUT2D eigenvalue weighted by Gasteiger charge is -2.08. The molecule has 0 spiro atoms. The molecule has 0 aliphatic rings. The van der Waals surface area contributed by atoms with Crippen LogP contribution in [0.25, 0.3) is 0 Å². The zero-order valence-electron chi connectivity index (χ0n) is 7.67. The van der Waals surface area contributed by atoms with E-state index in [9.17, 15) is 9.18 Å². The smallest absolute Gasteiger partial charge is 0.404 e. The van der Waals surface area contributed by atoms with Crippen LogP contribution < -0.4 is 10.1 Å². The van der Waals surface area contributed by atoms with Gasteiger partial charge in [0.15, 0.2) is 0 Å². The molecular formula is C9H9BrFNO3. The number of carbonyl (C=O) groups is 1. The molecule has 1 amide bonds. The van der Waals surface area contributed by atoms with Crippen LogP contribution in [-0.2, 0) is 0 Å². The molecule has 2 N–H and O–H groups in total. The normalized spacial score (nSPS) is 9.73. The topological polar surface area (TPSA) is 58.6 Å². The molecule has 15 heavy (non-hydrogen) atoms. The number of carboxylic acid groups (broad SMARTS) is 1. The molecule has 0 saturated carbocycles. The van der Waals surface area contributed by atoms with Gasteiger partial charge in [0, 0.05) is 0 Å². The highest BCUT2D eigenvalue weighted by molar-refractivity contribution is 9.10. The number of ether oxygens (including phenoxy) is 1. The maximum atomic E-state index is 13.0. The summed E-state index contributed by atoms with van der Waals surface area (Å²) in [6.45, 7) is 0.298. The molecule has 1 aromatic carbocycles. The van der Waals surface area contributed by atoms with E-state index in [2.05, 4.69) is 21.2 Å². The van der Waals surface area contributed by atoms with Crippen molar-refractivity contribution in [3.8, 4) is 5.75 Å². The van der Waals surface area contributed by atoms with Gasteiger partial charge in [0.05, 0.1) is 11.0 Å². The van der Waals surface area contributed by atoms with Crippen LogP contribution in [0.4, 0.5) is 9.18 Å². The number of halogens is 2. The minimum Gasteiger partial charge on any atom is -0.490 e. The summed E-state index contributed by atoms with van der Waals surface area (Å²) in [6.07, 6.45) is -1.11. The largest absolute Gasteiger partial charge is 0.490 e. The summed E-state index contributed by atoms with van der Waals surface area (Å²) in [5.74, 6) is -0.0686. The second-order valence-corrected chi connectivity index (χ2v) is 3.43. The molecular weight excluding hydrogens is 269 g/mol. The minimum absolute atomic E-state index is 0.147. The van der Waals surface area contributed by atoms with Crippen molar-refractivity contribution in [3.05, 3.63) is 28.5 Å². The van der Waals surface area contributed by atoms with E-state index < -0.39 is 11.9 Å². The molecule has 4 nitrogen and oxygen atoms in total. The van der Waals surface area contributed by atoms with Gasteiger partial charge in [-0.15, -0.1) is 0 Å². The Morgan fingerprint density at radius 3 is 3.00 bits per heavy atom. The van der Waals surface area contributed by atoms with Crippen molar-refractivity contribution in [2.24, 2.45) is 0 Å². The van der Waals surface area contributed by atoms with E-state index in [0.29, 0.717) is 5.75 Å². The Labute approximate surface area is 94.2 Å². The van der Waals surface area contributed by atoms with Crippen LogP contribution in [0.2, 0.25) is 0 Å². The van der Waals surface area contributed by atoms with Crippen LogP contribution in [0.1, 0.15) is 0 Å². The Bertz CT molecular complexity index is 359. The monoisotopic (exact) mass is 277 g/mol. The third kappa shape index (κ3) is 3.75. The molecule has 0 aromatic heterocycles. The Morgan fingerprint density at radius 2 is 2.33 bits per heavy atom. The van der Waals surface area contributed by atoms with Gasteiger partial charge in [0.2, 0.25) is 0 Å². The highest BCUT2D eigenvalue weighted by Gasteiger charge is 2.05. The summed E-state index contributed by atoms with van der Waals surface area (Å²) in [6, 6.07) is 4.40. The first-order chi connectivity index (χ1) is 7.11. The third-order valence-electron chi connectivity index (χ3n) is 1.55. The van der Waals surface area contributed by atoms with E-state index in [1.165, 1.54) is 12.1 Å². The molecule has 0 aliphatic heterocycles. The summed E-state index contributed by atoms with van der Waals surface area (Å²) in [4.78, 5) is 10.1. The standard InChI is InChI=1S/C9H9BrFNO3/c10-8-6(11)2-1-3-7(8)15-5-4-12-9(13)14/h1-3,12H,4-5H2,(H,13,14). The summed E-state index contributed by atoms with van der Waals surface area (Å²) >= 11 is 3.02. The van der Waals surface area contributed by atoms with Gasteiger partial charge >= 0.3 is 6.09 Å². The molecule has 0 heterocycles. The molecule has 1 rings (SSSR count). The second kappa shape index (κ2) is 5.55. The Balaban J connectivity index is 2.44. The minimum atomic E-state index is -1.11. The summed E-state index contributed by atoms with van der Waals surface area (Å²) in [5, 5.41) is 10.4. The van der Waals surface area contributed by atoms with Crippen LogP contribution in [-0.4, -0.2) is 24.4 Å². The summed E-state index contributed by atoms with van der Waals surface area (Å²) in [7, 11) is 0. The maximum absolute atomic E-state index is 13.0. The van der Waals surface area contributed by atoms with E-state index in [0.717, 1.165) is 0 Å². The van der Waals surface area contributed by atoms with Crippen LogP contribution >= 0.6 is 15.9 Å². The van der Waals surface area contributed by atoms with E-state index in [1.807, 2.05) is 0 Å². The second-order valence-electron chi connectivity index (χ2n) is 2.63. The summed E-state index contributed by atoms with van der Waals surface area (Å²) < 4.78 is 18.4. The lowest BCUT2D eigenvalue weighted by atomic mass is 10.3. The van der Waals surface area contributed by atoms with Gasteiger partial charge in [0.1, 0.15) is 18.2 Å². The van der Waals surface area contributed by atoms with E-state index >= 15 is 0 Å². The van der Waals surface area contributed by atoms with Gasteiger partial charge in [0.25, 0.3) is 0 Å². The van der Waals surface area contributed by atoms with Crippen molar-refractivity contribution in [1.82, 2.24) is 5.32 Å². The predicted octanol–water partition coefficient (Wildman–Crippen LogP) is 2.23. The molecule has 0 fully saturated rings. The van der Waals surface area contributed by atoms with E-state index in [1.54, 1.807) is 6.07 Å². The number of hydrogen-bond donors (Lipinski definition) is 2. The first-order valence-corrected chi connectivity index (χ1v) is 4.94. The van der Waals surface area contributed by atoms with E-state index in [-0.39, 0.29) is 17.6 Å². The Morgan fingerprint density at radius 1 is 1.60 bits per heavy atom. The average Bonchev–Trinajstić information content (AvgIpc) is 2.18. The lowest BCUT2D eigenvalue weighted by molar-refractivity contribution is 0.191. The van der Waals surface area contributed by atoms with Crippen molar-refractivity contribution < 1.29 is 19.0 Å². The lowest BCUT2D eigenvalue weighted by Crippen LogP contribution is -2.26. The zero-order valence-corrected chi connectivity index (χ0v) is 9.25. The molecule has 0 aliphatic carbocycles. The molecule has 6 heteroatoms. The molecule has 0 saturated heterocycles. The number of hydrogen-bond acceptors (Lipinski definition) is 2. The van der Waals surface area contributed by atoms with Crippen molar-refractivity contribution in [3.63, 3.8) is 0 Å². The number of rotatable bonds is 4. The SMILES string of the molecule is O=C(O)NCCOc1cccc(F)c1Br. The fraction of sp³-hybridized carbons (Fsp3) is 0.222. The molecule has 82 valence electrons. The van der Waals surface area contributed by atoms with Crippen molar-refractivity contribution >= 4 is 22.0 Å². The highest BCUT2D eigenvalue weighted by atomic mass is 79.9. The van der Waals surface area contributed by atoms with Crippen LogP contribution in [0.3, 0.4) is 0 Å². The van der Waals surface area contributed by atoms with E-state index in [4.69, 9.17) is 9.84 Å². The third-order valence-corrected chi connectivity index (χ3v) is 2.32. The molecule has 0 bridgehead atoms. The maximum Gasteiger partial charge on any atom is 0.404 e.